The van der Waals surface area contributed by atoms with Crippen LogP contribution in [0.25, 0.3) is 11.0 Å². The van der Waals surface area contributed by atoms with Crippen LogP contribution in [-0.2, 0) is 0 Å². The van der Waals surface area contributed by atoms with Crippen LogP contribution in [0.4, 0.5) is 5.69 Å². The predicted octanol–water partition coefficient (Wildman–Crippen LogP) is 3.33. The van der Waals surface area contributed by atoms with Gasteiger partial charge in [-0.15, -0.1) is 0 Å². The maximum atomic E-state index is 4.53. The van der Waals surface area contributed by atoms with E-state index in [0.717, 1.165) is 22.1 Å². The summed E-state index contributed by atoms with van der Waals surface area (Å²) in [6.07, 6.45) is 3.72. The third kappa shape index (κ3) is 2.21. The fourth-order valence-electron chi connectivity index (χ4n) is 2.31. The van der Waals surface area contributed by atoms with Crippen LogP contribution in [0.2, 0.25) is 0 Å². The Hall–Kier alpha value is -0.810. The SMILES string of the molecule is CC1CSCCN1c1ccnc2cc(Br)cnc12. The summed E-state index contributed by atoms with van der Waals surface area (Å²) in [7, 11) is 0. The zero-order valence-corrected chi connectivity index (χ0v) is 12.5. The summed E-state index contributed by atoms with van der Waals surface area (Å²) in [5, 5.41) is 0. The highest BCUT2D eigenvalue weighted by atomic mass is 79.9. The number of fused-ring (bicyclic) bond motifs is 1. The number of halogens is 1. The van der Waals surface area contributed by atoms with Gasteiger partial charge in [-0.2, -0.15) is 11.8 Å². The molecule has 5 heteroatoms. The van der Waals surface area contributed by atoms with E-state index in [1.807, 2.05) is 30.2 Å². The summed E-state index contributed by atoms with van der Waals surface area (Å²) in [6.45, 7) is 3.36. The summed E-state index contributed by atoms with van der Waals surface area (Å²) < 4.78 is 0.974. The number of hydrogen-bond donors (Lipinski definition) is 0. The molecule has 3 rings (SSSR count). The van der Waals surface area contributed by atoms with Crippen molar-refractivity contribution in [2.24, 2.45) is 0 Å². The van der Waals surface area contributed by atoms with Crippen molar-refractivity contribution in [2.75, 3.05) is 23.0 Å². The van der Waals surface area contributed by atoms with Crippen molar-refractivity contribution in [1.82, 2.24) is 9.97 Å². The van der Waals surface area contributed by atoms with Crippen molar-refractivity contribution >= 4 is 44.4 Å². The summed E-state index contributed by atoms with van der Waals surface area (Å²) in [5.74, 6) is 2.37. The van der Waals surface area contributed by atoms with Crippen molar-refractivity contribution in [3.8, 4) is 0 Å². The fraction of sp³-hybridized carbons (Fsp3) is 0.385. The molecule has 0 aliphatic carbocycles. The van der Waals surface area contributed by atoms with E-state index < -0.39 is 0 Å². The molecular weight excluding hydrogens is 310 g/mol. The molecule has 1 aliphatic rings. The van der Waals surface area contributed by atoms with Crippen LogP contribution < -0.4 is 4.90 Å². The molecule has 0 amide bonds. The first-order chi connectivity index (χ1) is 8.75. The lowest BCUT2D eigenvalue weighted by atomic mass is 10.2. The van der Waals surface area contributed by atoms with Gasteiger partial charge in [0.15, 0.2) is 0 Å². The number of pyridine rings is 2. The van der Waals surface area contributed by atoms with E-state index in [0.29, 0.717) is 6.04 Å². The van der Waals surface area contributed by atoms with Gasteiger partial charge in [0.25, 0.3) is 0 Å². The molecule has 1 fully saturated rings. The first-order valence-electron chi connectivity index (χ1n) is 6.00. The van der Waals surface area contributed by atoms with Gasteiger partial charge in [-0.3, -0.25) is 9.97 Å². The number of rotatable bonds is 1. The van der Waals surface area contributed by atoms with E-state index >= 15 is 0 Å². The topological polar surface area (TPSA) is 29.0 Å². The molecule has 1 atom stereocenters. The molecule has 1 saturated heterocycles. The van der Waals surface area contributed by atoms with Crippen LogP contribution in [0.1, 0.15) is 6.92 Å². The molecule has 1 unspecified atom stereocenters. The van der Waals surface area contributed by atoms with Crippen molar-refractivity contribution in [3.63, 3.8) is 0 Å². The van der Waals surface area contributed by atoms with Gasteiger partial charge in [-0.1, -0.05) is 0 Å². The average Bonchev–Trinajstić information content (AvgIpc) is 2.38. The minimum atomic E-state index is 0.555. The first-order valence-corrected chi connectivity index (χ1v) is 7.95. The smallest absolute Gasteiger partial charge is 0.112 e. The Morgan fingerprint density at radius 1 is 1.44 bits per heavy atom. The van der Waals surface area contributed by atoms with Crippen LogP contribution in [-0.4, -0.2) is 34.1 Å². The number of thioether (sulfide) groups is 1. The minimum Gasteiger partial charge on any atom is -0.365 e. The highest BCUT2D eigenvalue weighted by Crippen LogP contribution is 2.29. The summed E-state index contributed by atoms with van der Waals surface area (Å²) >= 11 is 5.47. The predicted molar refractivity (Wildman–Crippen MR) is 81.4 cm³/mol. The number of aromatic nitrogens is 2. The maximum absolute atomic E-state index is 4.53. The van der Waals surface area contributed by atoms with Crippen molar-refractivity contribution in [3.05, 3.63) is 29.0 Å². The molecule has 0 radical (unpaired) electrons. The Bertz CT molecular complexity index is 575. The highest BCUT2D eigenvalue weighted by Gasteiger charge is 2.21. The standard InChI is InChI=1S/C13H14BrN3S/c1-9-8-18-5-4-17(9)12-2-3-15-11-6-10(14)7-16-13(11)12/h2-3,6-7,9H,4-5,8H2,1H3. The summed E-state index contributed by atoms with van der Waals surface area (Å²) in [4.78, 5) is 11.4. The summed E-state index contributed by atoms with van der Waals surface area (Å²) in [5.41, 5.74) is 3.16. The second-order valence-electron chi connectivity index (χ2n) is 4.47. The zero-order chi connectivity index (χ0) is 12.5. The van der Waals surface area contributed by atoms with Gasteiger partial charge in [-0.05, 0) is 35.0 Å². The quantitative estimate of drug-likeness (QED) is 0.805. The fourth-order valence-corrected chi connectivity index (χ4v) is 3.64. The molecule has 0 N–H and O–H groups in total. The van der Waals surface area contributed by atoms with Gasteiger partial charge in [-0.25, -0.2) is 0 Å². The van der Waals surface area contributed by atoms with Gasteiger partial charge in [0.2, 0.25) is 0 Å². The number of nitrogens with zero attached hydrogens (tertiary/aromatic N) is 3. The van der Waals surface area contributed by atoms with Gasteiger partial charge in [0.05, 0.1) is 11.2 Å². The van der Waals surface area contributed by atoms with Crippen molar-refractivity contribution in [1.29, 1.82) is 0 Å². The van der Waals surface area contributed by atoms with Crippen LogP contribution in [0, 0.1) is 0 Å². The second kappa shape index (κ2) is 5.05. The van der Waals surface area contributed by atoms with Gasteiger partial charge >= 0.3 is 0 Å². The lowest BCUT2D eigenvalue weighted by molar-refractivity contribution is 0.701. The van der Waals surface area contributed by atoms with Crippen molar-refractivity contribution < 1.29 is 0 Å². The van der Waals surface area contributed by atoms with Gasteiger partial charge in [0, 0.05) is 41.0 Å². The maximum Gasteiger partial charge on any atom is 0.112 e. The van der Waals surface area contributed by atoms with Gasteiger partial charge < -0.3 is 4.90 Å². The van der Waals surface area contributed by atoms with E-state index in [2.05, 4.69) is 43.8 Å². The molecule has 3 heterocycles. The molecule has 0 spiro atoms. The van der Waals surface area contributed by atoms with E-state index in [4.69, 9.17) is 0 Å². The normalized spacial score (nSPS) is 20.3. The number of hydrogen-bond acceptors (Lipinski definition) is 4. The van der Waals surface area contributed by atoms with E-state index in [9.17, 15) is 0 Å². The van der Waals surface area contributed by atoms with Crippen LogP contribution in [0.3, 0.4) is 0 Å². The van der Waals surface area contributed by atoms with E-state index in [-0.39, 0.29) is 0 Å². The molecule has 0 saturated carbocycles. The largest absolute Gasteiger partial charge is 0.365 e. The molecule has 18 heavy (non-hydrogen) atoms. The van der Waals surface area contributed by atoms with Gasteiger partial charge in [0.1, 0.15) is 5.52 Å². The summed E-state index contributed by atoms with van der Waals surface area (Å²) in [6, 6.07) is 4.66. The zero-order valence-electron chi connectivity index (χ0n) is 10.1. The Balaban J connectivity index is 2.10. The van der Waals surface area contributed by atoms with Crippen molar-refractivity contribution in [2.45, 2.75) is 13.0 Å². The minimum absolute atomic E-state index is 0.555. The lowest BCUT2D eigenvalue weighted by Gasteiger charge is -2.35. The van der Waals surface area contributed by atoms with E-state index in [1.165, 1.54) is 17.2 Å². The molecule has 2 aromatic rings. The van der Waals surface area contributed by atoms with Crippen LogP contribution >= 0.6 is 27.7 Å². The van der Waals surface area contributed by atoms with E-state index in [1.54, 1.807) is 0 Å². The number of anilines is 1. The first kappa shape index (κ1) is 12.2. The third-order valence-electron chi connectivity index (χ3n) is 3.20. The third-order valence-corrected chi connectivity index (χ3v) is 4.82. The monoisotopic (exact) mass is 323 g/mol. The average molecular weight is 324 g/mol. The molecule has 2 aromatic heterocycles. The molecular formula is C13H14BrN3S. The molecule has 3 nitrogen and oxygen atoms in total. The second-order valence-corrected chi connectivity index (χ2v) is 6.53. The van der Waals surface area contributed by atoms with Crippen LogP contribution in [0.5, 0.6) is 0 Å². The molecule has 94 valence electrons. The molecule has 0 bridgehead atoms. The Morgan fingerprint density at radius 2 is 2.33 bits per heavy atom. The lowest BCUT2D eigenvalue weighted by Crippen LogP contribution is -2.40. The molecule has 0 aromatic carbocycles. The Kier molecular flexibility index (Phi) is 3.43. The highest BCUT2D eigenvalue weighted by molar-refractivity contribution is 9.10. The molecule has 1 aliphatic heterocycles. The van der Waals surface area contributed by atoms with Crippen LogP contribution in [0.15, 0.2) is 29.0 Å². The Morgan fingerprint density at radius 3 is 3.17 bits per heavy atom. The Labute approximate surface area is 119 Å².